The van der Waals surface area contributed by atoms with Crippen LogP contribution in [-0.4, -0.2) is 28.7 Å². The number of carbonyl (C=O) groups excluding carboxylic acids is 1. The lowest BCUT2D eigenvalue weighted by atomic mass is 9.89. The minimum absolute atomic E-state index is 0.124. The molecule has 0 saturated carbocycles. The summed E-state index contributed by atoms with van der Waals surface area (Å²) in [6.07, 6.45) is 0.550. The van der Waals surface area contributed by atoms with Crippen molar-refractivity contribution in [2.45, 2.75) is 26.3 Å². The van der Waals surface area contributed by atoms with Crippen LogP contribution in [0.2, 0.25) is 5.02 Å². The Kier molecular flexibility index (Phi) is 5.80. The molecule has 34 heavy (non-hydrogen) atoms. The number of ether oxygens (including phenoxy) is 1. The topological polar surface area (TPSA) is 54.8 Å². The van der Waals surface area contributed by atoms with Crippen LogP contribution in [0.25, 0.3) is 22.0 Å². The van der Waals surface area contributed by atoms with Crippen molar-refractivity contribution in [3.8, 4) is 16.9 Å². The first-order valence-electron chi connectivity index (χ1n) is 11.1. The number of aromatic nitrogens is 1. The molecule has 1 aliphatic heterocycles. The van der Waals surface area contributed by atoms with E-state index in [4.69, 9.17) is 26.4 Å². The fraction of sp³-hybridized carbons (Fsp3) is 0.179. The molecule has 0 N–H and O–H groups in total. The van der Waals surface area contributed by atoms with E-state index >= 15 is 0 Å². The number of para-hydroxylation sites is 1. The van der Waals surface area contributed by atoms with E-state index in [0.29, 0.717) is 11.4 Å². The number of hydrogen-bond acceptors (Lipinski definition) is 4. The summed E-state index contributed by atoms with van der Waals surface area (Å²) in [6, 6.07) is 23.4. The number of nitrogens with zero attached hydrogens (tertiary/aromatic N) is 3. The zero-order valence-corrected chi connectivity index (χ0v) is 20.0. The van der Waals surface area contributed by atoms with Gasteiger partial charge in [0.25, 0.3) is 0 Å². The number of benzene rings is 3. The van der Waals surface area contributed by atoms with Gasteiger partial charge in [0.05, 0.1) is 24.4 Å². The zero-order chi connectivity index (χ0) is 23.8. The van der Waals surface area contributed by atoms with Crippen molar-refractivity contribution in [1.29, 1.82) is 0 Å². The zero-order valence-electron chi connectivity index (χ0n) is 19.2. The highest BCUT2D eigenvalue weighted by molar-refractivity contribution is 6.31. The lowest BCUT2D eigenvalue weighted by Crippen LogP contribution is -2.24. The summed E-state index contributed by atoms with van der Waals surface area (Å²) in [6.45, 7) is 3.53. The molecule has 0 fully saturated rings. The molecule has 0 aliphatic carbocycles. The van der Waals surface area contributed by atoms with Crippen molar-refractivity contribution in [2.24, 2.45) is 5.10 Å². The maximum atomic E-state index is 12.6. The first-order valence-corrected chi connectivity index (χ1v) is 11.5. The fourth-order valence-corrected chi connectivity index (χ4v) is 4.92. The molecule has 6 heteroatoms. The molecule has 5 nitrogen and oxygen atoms in total. The molecular formula is C28H24ClN3O2. The number of aryl methyl sites for hydroxylation is 1. The fourth-order valence-electron chi connectivity index (χ4n) is 4.75. The van der Waals surface area contributed by atoms with E-state index in [1.807, 2.05) is 67.6 Å². The lowest BCUT2D eigenvalue weighted by Gasteiger charge is -2.22. The summed E-state index contributed by atoms with van der Waals surface area (Å²) in [5, 5.41) is 8.00. The Balaban J connectivity index is 1.74. The second kappa shape index (κ2) is 8.92. The van der Waals surface area contributed by atoms with Crippen LogP contribution in [-0.2, 0) is 4.79 Å². The van der Waals surface area contributed by atoms with Crippen molar-refractivity contribution in [3.05, 3.63) is 94.6 Å². The molecule has 1 aromatic heterocycles. The number of hydrogen-bond donors (Lipinski definition) is 0. The highest BCUT2D eigenvalue weighted by Crippen LogP contribution is 2.41. The maximum absolute atomic E-state index is 12.6. The summed E-state index contributed by atoms with van der Waals surface area (Å²) in [4.78, 5) is 17.5. The molecule has 1 aliphatic rings. The third kappa shape index (κ3) is 3.82. The van der Waals surface area contributed by atoms with Crippen LogP contribution in [0, 0.1) is 6.92 Å². The Morgan fingerprint density at radius 3 is 2.50 bits per heavy atom. The standard InChI is InChI=1S/C28H24ClN3O2/c1-17-27(24-16-25(32(31-24)18(2)33)21-11-7-8-12-26(21)34-3)28(19-9-5-4-6-10-19)22-15-20(29)13-14-23(22)30-17/h4-15,25H,16H2,1-3H3/t25-/m1/s1. The molecular weight excluding hydrogens is 446 g/mol. The van der Waals surface area contributed by atoms with Crippen LogP contribution in [0.5, 0.6) is 5.75 Å². The van der Waals surface area contributed by atoms with Crippen molar-refractivity contribution < 1.29 is 9.53 Å². The number of fused-ring (bicyclic) bond motifs is 1. The quantitative estimate of drug-likeness (QED) is 0.339. The van der Waals surface area contributed by atoms with Crippen LogP contribution in [0.3, 0.4) is 0 Å². The van der Waals surface area contributed by atoms with Crippen LogP contribution >= 0.6 is 11.6 Å². The molecule has 0 bridgehead atoms. The highest BCUT2D eigenvalue weighted by Gasteiger charge is 2.35. The van der Waals surface area contributed by atoms with E-state index in [-0.39, 0.29) is 11.9 Å². The summed E-state index contributed by atoms with van der Waals surface area (Å²) in [5.74, 6) is 0.611. The van der Waals surface area contributed by atoms with Crippen molar-refractivity contribution in [1.82, 2.24) is 9.99 Å². The summed E-state index contributed by atoms with van der Waals surface area (Å²) >= 11 is 6.41. The summed E-state index contributed by atoms with van der Waals surface area (Å²) in [5.41, 5.74) is 6.47. The van der Waals surface area contributed by atoms with E-state index < -0.39 is 0 Å². The molecule has 3 aromatic carbocycles. The third-order valence-corrected chi connectivity index (χ3v) is 6.44. The van der Waals surface area contributed by atoms with Gasteiger partial charge in [-0.05, 0) is 36.8 Å². The van der Waals surface area contributed by atoms with E-state index in [1.54, 1.807) is 12.1 Å². The molecule has 1 amide bonds. The first kappa shape index (κ1) is 22.1. The minimum atomic E-state index is -0.262. The Labute approximate surface area is 203 Å². The summed E-state index contributed by atoms with van der Waals surface area (Å²) < 4.78 is 5.60. The Morgan fingerprint density at radius 2 is 1.76 bits per heavy atom. The van der Waals surface area contributed by atoms with E-state index in [0.717, 1.165) is 50.3 Å². The SMILES string of the molecule is COc1ccccc1[C@H]1CC(c2c(C)nc3ccc(Cl)cc3c2-c2ccccc2)=NN1C(C)=O. The van der Waals surface area contributed by atoms with Crippen LogP contribution in [0.1, 0.15) is 36.2 Å². The van der Waals surface area contributed by atoms with Gasteiger partial charge in [0.1, 0.15) is 5.75 Å². The van der Waals surface area contributed by atoms with Crippen molar-refractivity contribution in [2.75, 3.05) is 7.11 Å². The van der Waals surface area contributed by atoms with Gasteiger partial charge in [-0.15, -0.1) is 0 Å². The Hall–Kier alpha value is -3.70. The minimum Gasteiger partial charge on any atom is -0.496 e. The van der Waals surface area contributed by atoms with Gasteiger partial charge in [-0.25, -0.2) is 5.01 Å². The monoisotopic (exact) mass is 469 g/mol. The maximum Gasteiger partial charge on any atom is 0.240 e. The molecule has 0 radical (unpaired) electrons. The summed E-state index contributed by atoms with van der Waals surface area (Å²) in [7, 11) is 1.64. The Bertz CT molecular complexity index is 1430. The average molecular weight is 470 g/mol. The molecule has 5 rings (SSSR count). The van der Waals surface area contributed by atoms with Crippen LogP contribution in [0.15, 0.2) is 77.9 Å². The van der Waals surface area contributed by atoms with Gasteiger partial charge in [0, 0.05) is 46.1 Å². The van der Waals surface area contributed by atoms with Gasteiger partial charge in [0.15, 0.2) is 0 Å². The van der Waals surface area contributed by atoms with Gasteiger partial charge in [-0.2, -0.15) is 5.10 Å². The number of rotatable bonds is 4. The number of hydrazone groups is 1. The largest absolute Gasteiger partial charge is 0.496 e. The number of halogens is 1. The molecule has 2 heterocycles. The Morgan fingerprint density at radius 1 is 1.03 bits per heavy atom. The average Bonchev–Trinajstić information content (AvgIpc) is 3.29. The second-order valence-electron chi connectivity index (χ2n) is 8.35. The number of carbonyl (C=O) groups is 1. The number of amides is 1. The predicted octanol–water partition coefficient (Wildman–Crippen LogP) is 6.57. The normalized spacial score (nSPS) is 15.5. The van der Waals surface area contributed by atoms with Crippen LogP contribution in [0.4, 0.5) is 0 Å². The van der Waals surface area contributed by atoms with Gasteiger partial charge in [-0.3, -0.25) is 9.78 Å². The number of pyridine rings is 1. The van der Waals surface area contributed by atoms with Gasteiger partial charge < -0.3 is 4.74 Å². The van der Waals surface area contributed by atoms with Crippen molar-refractivity contribution in [3.63, 3.8) is 0 Å². The molecule has 170 valence electrons. The lowest BCUT2D eigenvalue weighted by molar-refractivity contribution is -0.130. The van der Waals surface area contributed by atoms with E-state index in [9.17, 15) is 4.79 Å². The van der Waals surface area contributed by atoms with Crippen LogP contribution < -0.4 is 4.74 Å². The van der Waals surface area contributed by atoms with Gasteiger partial charge in [0.2, 0.25) is 5.91 Å². The predicted molar refractivity (Wildman–Crippen MR) is 136 cm³/mol. The molecule has 0 spiro atoms. The second-order valence-corrected chi connectivity index (χ2v) is 8.78. The van der Waals surface area contributed by atoms with E-state index in [2.05, 4.69) is 12.1 Å². The molecule has 1 atom stereocenters. The van der Waals surface area contributed by atoms with Gasteiger partial charge >= 0.3 is 0 Å². The molecule has 0 unspecified atom stereocenters. The van der Waals surface area contributed by atoms with E-state index in [1.165, 1.54) is 6.92 Å². The smallest absolute Gasteiger partial charge is 0.240 e. The number of methoxy groups -OCH3 is 1. The molecule has 4 aromatic rings. The first-order chi connectivity index (χ1) is 16.5. The third-order valence-electron chi connectivity index (χ3n) is 6.21. The molecule has 0 saturated heterocycles. The highest BCUT2D eigenvalue weighted by atomic mass is 35.5. The van der Waals surface area contributed by atoms with Crippen molar-refractivity contribution >= 4 is 34.1 Å². The van der Waals surface area contributed by atoms with Gasteiger partial charge in [-0.1, -0.05) is 60.1 Å².